The summed E-state index contributed by atoms with van der Waals surface area (Å²) in [6.07, 6.45) is 0.0550. The van der Waals surface area contributed by atoms with Crippen molar-refractivity contribution < 1.29 is 14.7 Å². The van der Waals surface area contributed by atoms with Gasteiger partial charge in [0, 0.05) is 23.7 Å². The molecule has 18 heavy (non-hydrogen) atoms. The molecule has 1 aromatic rings. The second-order valence-corrected chi connectivity index (χ2v) is 4.57. The molecular formula is C12H15ClN2O3. The number of carbonyl (C=O) groups is 2. The minimum Gasteiger partial charge on any atom is -0.481 e. The van der Waals surface area contributed by atoms with Crippen LogP contribution in [0, 0.1) is 5.92 Å². The molecule has 0 bridgehead atoms. The Bertz CT molecular complexity index is 463. The molecule has 0 saturated heterocycles. The normalized spacial score (nSPS) is 11.9. The molecule has 0 saturated carbocycles. The van der Waals surface area contributed by atoms with E-state index in [1.165, 1.54) is 6.07 Å². The Morgan fingerprint density at radius 2 is 2.17 bits per heavy atom. The number of anilines is 1. The van der Waals surface area contributed by atoms with Gasteiger partial charge in [0.1, 0.15) is 0 Å². The van der Waals surface area contributed by atoms with Crippen LogP contribution in [0.1, 0.15) is 23.7 Å². The van der Waals surface area contributed by atoms with Gasteiger partial charge in [-0.15, -0.1) is 0 Å². The smallest absolute Gasteiger partial charge is 0.303 e. The van der Waals surface area contributed by atoms with Crippen LogP contribution in [0.25, 0.3) is 0 Å². The number of rotatable bonds is 6. The Morgan fingerprint density at radius 3 is 2.72 bits per heavy atom. The van der Waals surface area contributed by atoms with E-state index in [2.05, 4.69) is 5.32 Å². The molecule has 0 heterocycles. The first-order valence-corrected chi connectivity index (χ1v) is 5.83. The van der Waals surface area contributed by atoms with Gasteiger partial charge in [0.25, 0.3) is 5.91 Å². The van der Waals surface area contributed by atoms with Gasteiger partial charge in [0.05, 0.1) is 5.56 Å². The van der Waals surface area contributed by atoms with Gasteiger partial charge in [-0.25, -0.2) is 0 Å². The van der Waals surface area contributed by atoms with E-state index in [1.807, 2.05) is 0 Å². The zero-order valence-corrected chi connectivity index (χ0v) is 10.7. The lowest BCUT2D eigenvalue weighted by Gasteiger charge is -2.14. The number of halogens is 1. The van der Waals surface area contributed by atoms with E-state index in [1.54, 1.807) is 19.1 Å². The Balaban J connectivity index is 2.74. The minimum atomic E-state index is -0.856. The van der Waals surface area contributed by atoms with Crippen LogP contribution in [0.2, 0.25) is 5.02 Å². The average Bonchev–Trinajstić information content (AvgIpc) is 2.25. The second kappa shape index (κ2) is 6.26. The number of primary amides is 1. The number of carbonyl (C=O) groups excluding carboxylic acids is 1. The molecule has 0 aromatic heterocycles. The van der Waals surface area contributed by atoms with Crippen molar-refractivity contribution in [3.63, 3.8) is 0 Å². The molecule has 0 radical (unpaired) electrons. The number of nitrogens with one attached hydrogen (secondary N) is 1. The fraction of sp³-hybridized carbons (Fsp3) is 0.333. The van der Waals surface area contributed by atoms with Crippen molar-refractivity contribution in [3.8, 4) is 0 Å². The van der Waals surface area contributed by atoms with E-state index < -0.39 is 11.9 Å². The molecule has 1 atom stereocenters. The van der Waals surface area contributed by atoms with E-state index in [-0.39, 0.29) is 12.3 Å². The molecule has 1 rings (SSSR count). The zero-order chi connectivity index (χ0) is 13.7. The summed E-state index contributed by atoms with van der Waals surface area (Å²) in [5, 5.41) is 12.1. The van der Waals surface area contributed by atoms with Crippen molar-refractivity contribution in [3.05, 3.63) is 28.8 Å². The first-order valence-electron chi connectivity index (χ1n) is 5.45. The maximum absolute atomic E-state index is 11.2. The summed E-state index contributed by atoms with van der Waals surface area (Å²) in [5.41, 5.74) is 6.09. The van der Waals surface area contributed by atoms with Crippen molar-refractivity contribution in [2.45, 2.75) is 13.3 Å². The fourth-order valence-corrected chi connectivity index (χ4v) is 1.70. The number of hydrogen-bond acceptors (Lipinski definition) is 3. The Morgan fingerprint density at radius 1 is 1.50 bits per heavy atom. The summed E-state index contributed by atoms with van der Waals surface area (Å²) >= 11 is 5.83. The quantitative estimate of drug-likeness (QED) is 0.737. The number of nitrogens with two attached hydrogens (primary N) is 1. The fourth-order valence-electron chi connectivity index (χ4n) is 1.53. The highest BCUT2D eigenvalue weighted by Crippen LogP contribution is 2.21. The van der Waals surface area contributed by atoms with Gasteiger partial charge in [-0.1, -0.05) is 18.5 Å². The Labute approximate surface area is 110 Å². The highest BCUT2D eigenvalue weighted by Gasteiger charge is 2.11. The second-order valence-electron chi connectivity index (χ2n) is 4.14. The van der Waals surface area contributed by atoms with Crippen LogP contribution in [-0.2, 0) is 4.79 Å². The molecule has 0 spiro atoms. The lowest BCUT2D eigenvalue weighted by atomic mass is 10.1. The number of carboxylic acids is 1. The number of carboxylic acid groups (broad SMARTS) is 1. The minimum absolute atomic E-state index is 0.0550. The number of hydrogen-bond donors (Lipinski definition) is 3. The first-order chi connectivity index (χ1) is 8.40. The van der Waals surface area contributed by atoms with Gasteiger partial charge >= 0.3 is 5.97 Å². The van der Waals surface area contributed by atoms with Crippen LogP contribution < -0.4 is 11.1 Å². The van der Waals surface area contributed by atoms with E-state index in [0.717, 1.165) is 0 Å². The molecule has 98 valence electrons. The maximum atomic E-state index is 11.2. The molecule has 4 N–H and O–H groups in total. The van der Waals surface area contributed by atoms with E-state index in [0.29, 0.717) is 22.8 Å². The molecule has 1 amide bonds. The van der Waals surface area contributed by atoms with Crippen molar-refractivity contribution in [2.75, 3.05) is 11.9 Å². The predicted octanol–water partition coefficient (Wildman–Crippen LogP) is 1.96. The first kappa shape index (κ1) is 14.3. The standard InChI is InChI=1S/C12H15ClN2O3/c1-7(4-11(16)17)6-15-10-5-8(13)2-3-9(10)12(14)18/h2-3,5,7,15H,4,6H2,1H3,(H2,14,18)(H,16,17). The molecule has 0 aliphatic carbocycles. The van der Waals surface area contributed by atoms with E-state index >= 15 is 0 Å². The highest BCUT2D eigenvalue weighted by molar-refractivity contribution is 6.31. The number of benzene rings is 1. The third kappa shape index (κ3) is 4.25. The van der Waals surface area contributed by atoms with Crippen LogP contribution in [0.3, 0.4) is 0 Å². The van der Waals surface area contributed by atoms with Crippen molar-refractivity contribution in [1.29, 1.82) is 0 Å². The summed E-state index contributed by atoms with van der Waals surface area (Å²) in [5.74, 6) is -1.48. The third-order valence-corrected chi connectivity index (χ3v) is 2.65. The topological polar surface area (TPSA) is 92.4 Å². The SMILES string of the molecule is CC(CNc1cc(Cl)ccc1C(N)=O)CC(=O)O. The van der Waals surface area contributed by atoms with Crippen molar-refractivity contribution in [1.82, 2.24) is 0 Å². The highest BCUT2D eigenvalue weighted by atomic mass is 35.5. The average molecular weight is 271 g/mol. The van der Waals surface area contributed by atoms with Crippen LogP contribution >= 0.6 is 11.6 Å². The van der Waals surface area contributed by atoms with Crippen LogP contribution in [0.15, 0.2) is 18.2 Å². The number of amides is 1. The molecule has 5 nitrogen and oxygen atoms in total. The van der Waals surface area contributed by atoms with Crippen molar-refractivity contribution in [2.24, 2.45) is 11.7 Å². The summed E-state index contributed by atoms with van der Waals surface area (Å²) < 4.78 is 0. The van der Waals surface area contributed by atoms with Gasteiger partial charge in [-0.05, 0) is 24.1 Å². The Hall–Kier alpha value is -1.75. The molecule has 1 unspecified atom stereocenters. The van der Waals surface area contributed by atoms with E-state index in [4.69, 9.17) is 22.4 Å². The van der Waals surface area contributed by atoms with Gasteiger partial charge in [0.15, 0.2) is 0 Å². The monoisotopic (exact) mass is 270 g/mol. The summed E-state index contributed by atoms with van der Waals surface area (Å²) in [7, 11) is 0. The van der Waals surface area contributed by atoms with Gasteiger partial charge in [0.2, 0.25) is 0 Å². The van der Waals surface area contributed by atoms with Gasteiger partial charge < -0.3 is 16.2 Å². The van der Waals surface area contributed by atoms with E-state index in [9.17, 15) is 9.59 Å². The van der Waals surface area contributed by atoms with Gasteiger partial charge in [-0.3, -0.25) is 9.59 Å². The molecule has 0 aliphatic rings. The summed E-state index contributed by atoms with van der Waals surface area (Å²) in [6.45, 7) is 2.22. The molecule has 6 heteroatoms. The van der Waals surface area contributed by atoms with Crippen LogP contribution in [0.4, 0.5) is 5.69 Å². The molecular weight excluding hydrogens is 256 g/mol. The Kier molecular flexibility index (Phi) is 4.97. The number of aliphatic carboxylic acids is 1. The third-order valence-electron chi connectivity index (χ3n) is 2.41. The lowest BCUT2D eigenvalue weighted by Crippen LogP contribution is -2.18. The van der Waals surface area contributed by atoms with Gasteiger partial charge in [-0.2, -0.15) is 0 Å². The largest absolute Gasteiger partial charge is 0.481 e. The predicted molar refractivity (Wildman–Crippen MR) is 69.9 cm³/mol. The molecule has 0 aliphatic heterocycles. The van der Waals surface area contributed by atoms with Crippen LogP contribution in [-0.4, -0.2) is 23.5 Å². The summed E-state index contributed by atoms with van der Waals surface area (Å²) in [4.78, 5) is 21.7. The van der Waals surface area contributed by atoms with Crippen molar-refractivity contribution >= 4 is 29.2 Å². The molecule has 0 fully saturated rings. The maximum Gasteiger partial charge on any atom is 0.303 e. The van der Waals surface area contributed by atoms with Crippen LogP contribution in [0.5, 0.6) is 0 Å². The molecule has 1 aromatic carbocycles. The summed E-state index contributed by atoms with van der Waals surface area (Å²) in [6, 6.07) is 4.71. The lowest BCUT2D eigenvalue weighted by molar-refractivity contribution is -0.137. The zero-order valence-electron chi connectivity index (χ0n) is 9.94.